The number of hydrogen-bond donors (Lipinski definition) is 2. The van der Waals surface area contributed by atoms with Crippen molar-refractivity contribution in [2.45, 2.75) is 18.7 Å². The molecule has 0 aromatic heterocycles. The lowest BCUT2D eigenvalue weighted by Crippen LogP contribution is -3.15. The molecule has 24 heavy (non-hydrogen) atoms. The van der Waals surface area contributed by atoms with Gasteiger partial charge in [0.15, 0.2) is 6.54 Å². The molecule has 0 atom stereocenters. The number of carbonyl (C=O) groups excluding carboxylic acids is 1. The monoisotopic (exact) mass is 358 g/mol. The first-order valence-corrected chi connectivity index (χ1v) is 9.59. The van der Waals surface area contributed by atoms with E-state index >= 15 is 0 Å². The van der Waals surface area contributed by atoms with Gasteiger partial charge in [0, 0.05) is 6.54 Å². The molecule has 2 N–H and O–H groups in total. The largest absolute Gasteiger partial charge is 0.351 e. The number of quaternary nitrogens is 1. The average Bonchev–Trinajstić information content (AvgIpc) is 2.53. The van der Waals surface area contributed by atoms with Gasteiger partial charge in [-0.2, -0.15) is 4.31 Å². The van der Waals surface area contributed by atoms with Crippen LogP contribution >= 0.6 is 0 Å². The summed E-state index contributed by atoms with van der Waals surface area (Å²) in [6.07, 6.45) is 0. The van der Waals surface area contributed by atoms with Gasteiger partial charge in [-0.25, -0.2) is 12.8 Å². The van der Waals surface area contributed by atoms with E-state index in [9.17, 15) is 17.6 Å². The summed E-state index contributed by atoms with van der Waals surface area (Å²) in [7, 11) is -3.68. The van der Waals surface area contributed by atoms with Crippen molar-refractivity contribution in [3.63, 3.8) is 0 Å². The van der Waals surface area contributed by atoms with Crippen LogP contribution in [0.3, 0.4) is 0 Å². The number of rotatable bonds is 6. The van der Waals surface area contributed by atoms with Gasteiger partial charge in [0.05, 0.1) is 31.1 Å². The lowest BCUT2D eigenvalue weighted by Gasteiger charge is -2.31. The fraction of sp³-hybridized carbons (Fsp3) is 0.562. The summed E-state index contributed by atoms with van der Waals surface area (Å²) in [5.74, 6) is -0.181. The van der Waals surface area contributed by atoms with Crippen LogP contribution in [-0.4, -0.2) is 57.9 Å². The van der Waals surface area contributed by atoms with Crippen molar-refractivity contribution < 1.29 is 22.5 Å². The predicted molar refractivity (Wildman–Crippen MR) is 88.6 cm³/mol. The number of halogens is 1. The van der Waals surface area contributed by atoms with Gasteiger partial charge in [0.1, 0.15) is 5.82 Å². The van der Waals surface area contributed by atoms with Gasteiger partial charge in [-0.3, -0.25) is 4.79 Å². The van der Waals surface area contributed by atoms with E-state index in [4.69, 9.17) is 0 Å². The smallest absolute Gasteiger partial charge is 0.275 e. The number of carbonyl (C=O) groups is 1. The molecule has 0 spiro atoms. The van der Waals surface area contributed by atoms with E-state index in [2.05, 4.69) is 5.32 Å². The second-order valence-corrected chi connectivity index (χ2v) is 8.42. The number of hydrogen-bond acceptors (Lipinski definition) is 3. The zero-order valence-corrected chi connectivity index (χ0v) is 14.9. The first-order valence-electron chi connectivity index (χ1n) is 8.15. The van der Waals surface area contributed by atoms with Crippen molar-refractivity contribution in [1.29, 1.82) is 0 Å². The molecule has 0 unspecified atom stereocenters. The Morgan fingerprint density at radius 2 is 2.00 bits per heavy atom. The highest BCUT2D eigenvalue weighted by atomic mass is 32.2. The van der Waals surface area contributed by atoms with Gasteiger partial charge in [-0.05, 0) is 24.1 Å². The molecule has 8 heteroatoms. The Hall–Kier alpha value is -1.51. The van der Waals surface area contributed by atoms with Gasteiger partial charge in [-0.15, -0.1) is 0 Å². The molecule has 0 saturated carbocycles. The molecule has 1 aromatic rings. The molecule has 1 heterocycles. The SMILES string of the molecule is CC(C)CNC(=O)C[NH+]1CCN(S(=O)(=O)c2cccc(F)c2)CC1. The Morgan fingerprint density at radius 3 is 2.58 bits per heavy atom. The minimum absolute atomic E-state index is 0.0138. The number of amides is 1. The van der Waals surface area contributed by atoms with E-state index in [-0.39, 0.29) is 10.8 Å². The van der Waals surface area contributed by atoms with E-state index in [0.29, 0.717) is 45.2 Å². The van der Waals surface area contributed by atoms with Crippen LogP contribution in [0.15, 0.2) is 29.2 Å². The first-order chi connectivity index (χ1) is 11.3. The van der Waals surface area contributed by atoms with Crippen molar-refractivity contribution in [2.75, 3.05) is 39.3 Å². The summed E-state index contributed by atoms with van der Waals surface area (Å²) >= 11 is 0. The van der Waals surface area contributed by atoms with Crippen LogP contribution in [0.5, 0.6) is 0 Å². The van der Waals surface area contributed by atoms with Crippen LogP contribution in [0, 0.1) is 11.7 Å². The van der Waals surface area contributed by atoms with Crippen LogP contribution in [0.1, 0.15) is 13.8 Å². The second kappa shape index (κ2) is 8.04. The third kappa shape index (κ3) is 4.99. The Labute approximate surface area is 142 Å². The van der Waals surface area contributed by atoms with Crippen molar-refractivity contribution in [1.82, 2.24) is 9.62 Å². The summed E-state index contributed by atoms with van der Waals surface area (Å²) in [5.41, 5.74) is 0. The number of nitrogens with one attached hydrogen (secondary N) is 2. The highest BCUT2D eigenvalue weighted by Gasteiger charge is 2.31. The molecule has 0 bridgehead atoms. The van der Waals surface area contributed by atoms with E-state index in [0.717, 1.165) is 11.0 Å². The van der Waals surface area contributed by atoms with Crippen molar-refractivity contribution in [3.8, 4) is 0 Å². The van der Waals surface area contributed by atoms with E-state index in [1.165, 1.54) is 22.5 Å². The standard InChI is InChI=1S/C16H24FN3O3S/c1-13(2)11-18-16(21)12-19-6-8-20(9-7-19)24(22,23)15-5-3-4-14(17)10-15/h3-5,10,13H,6-9,11-12H2,1-2H3,(H,18,21)/p+1. The zero-order valence-electron chi connectivity index (χ0n) is 14.1. The third-order valence-corrected chi connectivity index (χ3v) is 5.88. The molecule has 0 radical (unpaired) electrons. The number of benzene rings is 1. The minimum atomic E-state index is -3.68. The van der Waals surface area contributed by atoms with Crippen molar-refractivity contribution in [2.24, 2.45) is 5.92 Å². The van der Waals surface area contributed by atoms with Crippen LogP contribution < -0.4 is 10.2 Å². The van der Waals surface area contributed by atoms with Gasteiger partial charge < -0.3 is 10.2 Å². The minimum Gasteiger partial charge on any atom is -0.351 e. The molecule has 2 rings (SSSR count). The van der Waals surface area contributed by atoms with Gasteiger partial charge in [0.2, 0.25) is 10.0 Å². The summed E-state index contributed by atoms with van der Waals surface area (Å²) in [5, 5.41) is 2.87. The predicted octanol–water partition coefficient (Wildman–Crippen LogP) is -0.513. The van der Waals surface area contributed by atoms with E-state index < -0.39 is 15.8 Å². The molecule has 1 fully saturated rings. The summed E-state index contributed by atoms with van der Waals surface area (Å²) < 4.78 is 39.7. The quantitative estimate of drug-likeness (QED) is 0.719. The molecular weight excluding hydrogens is 333 g/mol. The normalized spacial score (nSPS) is 17.2. The molecule has 1 aromatic carbocycles. The van der Waals surface area contributed by atoms with Crippen molar-refractivity contribution >= 4 is 15.9 Å². The van der Waals surface area contributed by atoms with E-state index in [1.54, 1.807) is 0 Å². The zero-order chi connectivity index (χ0) is 17.7. The lowest BCUT2D eigenvalue weighted by molar-refractivity contribution is -0.895. The van der Waals surface area contributed by atoms with Crippen molar-refractivity contribution in [3.05, 3.63) is 30.1 Å². The number of piperazine rings is 1. The highest BCUT2D eigenvalue weighted by Crippen LogP contribution is 2.16. The Balaban J connectivity index is 1.89. The third-order valence-electron chi connectivity index (χ3n) is 3.98. The maximum Gasteiger partial charge on any atom is 0.275 e. The topological polar surface area (TPSA) is 70.9 Å². The fourth-order valence-corrected chi connectivity index (χ4v) is 4.08. The molecule has 1 amide bonds. The Bertz CT molecular complexity index is 671. The molecule has 1 aliphatic heterocycles. The van der Waals surface area contributed by atoms with Crippen LogP contribution in [0.25, 0.3) is 0 Å². The Morgan fingerprint density at radius 1 is 1.33 bits per heavy atom. The van der Waals surface area contributed by atoms with Gasteiger partial charge in [-0.1, -0.05) is 19.9 Å². The summed E-state index contributed by atoms with van der Waals surface area (Å²) in [4.78, 5) is 12.9. The molecular formula is C16H25FN3O3S+. The lowest BCUT2D eigenvalue weighted by atomic mass is 10.2. The molecule has 0 aliphatic carbocycles. The highest BCUT2D eigenvalue weighted by molar-refractivity contribution is 7.89. The molecule has 6 nitrogen and oxygen atoms in total. The Kier molecular flexibility index (Phi) is 6.31. The maximum atomic E-state index is 13.3. The molecule has 1 saturated heterocycles. The molecule has 134 valence electrons. The van der Waals surface area contributed by atoms with Crippen LogP contribution in [0.4, 0.5) is 4.39 Å². The maximum absolute atomic E-state index is 13.3. The first kappa shape index (κ1) is 18.8. The number of sulfonamides is 1. The number of nitrogens with zero attached hydrogens (tertiary/aromatic N) is 1. The van der Waals surface area contributed by atoms with Gasteiger partial charge >= 0.3 is 0 Å². The summed E-state index contributed by atoms with van der Waals surface area (Å²) in [6, 6.07) is 5.05. The van der Waals surface area contributed by atoms with Crippen LogP contribution in [-0.2, 0) is 14.8 Å². The van der Waals surface area contributed by atoms with E-state index in [1.807, 2.05) is 13.8 Å². The second-order valence-electron chi connectivity index (χ2n) is 6.49. The fourth-order valence-electron chi connectivity index (χ4n) is 2.60. The molecule has 1 aliphatic rings. The van der Waals surface area contributed by atoms with Crippen LogP contribution in [0.2, 0.25) is 0 Å². The average molecular weight is 358 g/mol. The summed E-state index contributed by atoms with van der Waals surface area (Å²) in [6.45, 7) is 6.82. The van der Waals surface area contributed by atoms with Gasteiger partial charge in [0.25, 0.3) is 5.91 Å².